The van der Waals surface area contributed by atoms with Crippen LogP contribution < -0.4 is 5.73 Å². The normalized spacial score (nSPS) is 22.3. The topological polar surface area (TPSA) is 70.8 Å². The van der Waals surface area contributed by atoms with Crippen molar-refractivity contribution in [3.8, 4) is 0 Å². The Morgan fingerprint density at radius 3 is 2.43 bits per heavy atom. The van der Waals surface area contributed by atoms with E-state index in [1.165, 1.54) is 0 Å². The average molecular weight is 312 g/mol. The van der Waals surface area contributed by atoms with Crippen molar-refractivity contribution in [2.24, 2.45) is 5.73 Å². The first-order valence-corrected chi connectivity index (χ1v) is 7.41. The number of hydrogen-bond acceptors (Lipinski definition) is 4. The van der Waals surface area contributed by atoms with Crippen molar-refractivity contribution in [2.45, 2.75) is 24.5 Å². The molecule has 6 heteroatoms. The molecule has 0 radical (unpaired) electrons. The second kappa shape index (κ2) is 5.93. The number of carbonyl (C=O) groups is 1. The lowest BCUT2D eigenvalue weighted by Gasteiger charge is -2.35. The molecule has 2 heterocycles. The first kappa shape index (κ1) is 14.8. The van der Waals surface area contributed by atoms with Gasteiger partial charge in [0.1, 0.15) is 0 Å². The van der Waals surface area contributed by atoms with Crippen LogP contribution in [0, 0.1) is 0 Å². The van der Waals surface area contributed by atoms with Gasteiger partial charge in [0, 0.05) is 23.8 Å². The molecule has 0 aromatic heterocycles. The van der Waals surface area contributed by atoms with Gasteiger partial charge in [0.15, 0.2) is 6.29 Å². The highest BCUT2D eigenvalue weighted by Gasteiger charge is 2.40. The number of amides is 1. The Kier molecular flexibility index (Phi) is 4.17. The molecular weight excluding hydrogens is 294 g/mol. The van der Waals surface area contributed by atoms with Gasteiger partial charge in [-0.15, -0.1) is 0 Å². The van der Waals surface area contributed by atoms with E-state index in [0.717, 1.165) is 11.1 Å². The van der Waals surface area contributed by atoms with Gasteiger partial charge >= 0.3 is 0 Å². The van der Waals surface area contributed by atoms with Gasteiger partial charge in [-0.1, -0.05) is 11.6 Å². The van der Waals surface area contributed by atoms with E-state index in [2.05, 4.69) is 0 Å². The van der Waals surface area contributed by atoms with E-state index in [1.54, 1.807) is 12.1 Å². The van der Waals surface area contributed by atoms with Crippen molar-refractivity contribution < 1.29 is 19.0 Å². The molecule has 0 unspecified atom stereocenters. The summed E-state index contributed by atoms with van der Waals surface area (Å²) in [6.45, 7) is 2.14. The van der Waals surface area contributed by atoms with Gasteiger partial charge in [-0.25, -0.2) is 0 Å². The fraction of sp³-hybridized carbons (Fsp3) is 0.533. The van der Waals surface area contributed by atoms with Gasteiger partial charge in [-0.3, -0.25) is 4.79 Å². The molecule has 0 aliphatic carbocycles. The molecule has 2 aliphatic heterocycles. The highest BCUT2D eigenvalue weighted by molar-refractivity contribution is 6.30. The van der Waals surface area contributed by atoms with Crippen LogP contribution in [0.2, 0.25) is 5.02 Å². The Balaban J connectivity index is 2.01. The fourth-order valence-corrected chi connectivity index (χ4v) is 3.22. The number of rotatable bonds is 3. The van der Waals surface area contributed by atoms with Crippen LogP contribution in [0.1, 0.15) is 30.3 Å². The third-order valence-electron chi connectivity index (χ3n) is 4.18. The second-order valence-corrected chi connectivity index (χ2v) is 5.84. The Hall–Kier alpha value is -1.14. The van der Waals surface area contributed by atoms with Crippen LogP contribution in [0.15, 0.2) is 18.2 Å². The standard InChI is InChI=1S/C15H18ClNO4/c16-12-8-10(13-20-5-6-21-13)7-11(9-12)15(14(17)18)1-3-19-4-2-15/h7-9,13H,1-6H2,(H2,17,18). The maximum Gasteiger partial charge on any atom is 0.228 e. The number of primary amides is 1. The second-order valence-electron chi connectivity index (χ2n) is 5.41. The average Bonchev–Trinajstić information content (AvgIpc) is 3.01. The van der Waals surface area contributed by atoms with E-state index in [1.807, 2.05) is 6.07 Å². The molecule has 3 rings (SSSR count). The Bertz CT molecular complexity index is 536. The molecule has 5 nitrogen and oxygen atoms in total. The largest absolute Gasteiger partial charge is 0.381 e. The number of nitrogens with two attached hydrogens (primary N) is 1. The zero-order valence-electron chi connectivity index (χ0n) is 11.6. The van der Waals surface area contributed by atoms with E-state index < -0.39 is 11.7 Å². The van der Waals surface area contributed by atoms with Gasteiger partial charge in [0.05, 0.1) is 18.6 Å². The van der Waals surface area contributed by atoms with Gasteiger partial charge < -0.3 is 19.9 Å². The van der Waals surface area contributed by atoms with Crippen LogP contribution in [-0.2, 0) is 24.4 Å². The zero-order valence-corrected chi connectivity index (χ0v) is 12.4. The van der Waals surface area contributed by atoms with Crippen LogP contribution in [0.3, 0.4) is 0 Å². The van der Waals surface area contributed by atoms with Crippen LogP contribution in [0.4, 0.5) is 0 Å². The minimum atomic E-state index is -0.726. The van der Waals surface area contributed by atoms with Crippen molar-refractivity contribution in [1.29, 1.82) is 0 Å². The zero-order chi connectivity index (χ0) is 14.9. The molecule has 0 atom stereocenters. The highest BCUT2D eigenvalue weighted by atomic mass is 35.5. The number of ether oxygens (including phenoxy) is 3. The SMILES string of the molecule is NC(=O)C1(c2cc(Cl)cc(C3OCCO3)c2)CCOCC1. The summed E-state index contributed by atoms with van der Waals surface area (Å²) in [6.07, 6.45) is 0.704. The predicted octanol–water partition coefficient (Wildman–Crippen LogP) is 1.92. The number of hydrogen-bond donors (Lipinski definition) is 1. The maximum atomic E-state index is 12.1. The lowest BCUT2D eigenvalue weighted by atomic mass is 9.73. The Morgan fingerprint density at radius 2 is 1.81 bits per heavy atom. The van der Waals surface area contributed by atoms with E-state index >= 15 is 0 Å². The third kappa shape index (κ3) is 2.79. The first-order chi connectivity index (χ1) is 10.1. The summed E-state index contributed by atoms with van der Waals surface area (Å²) >= 11 is 6.22. The summed E-state index contributed by atoms with van der Waals surface area (Å²) in [7, 11) is 0. The molecule has 2 N–H and O–H groups in total. The molecule has 0 spiro atoms. The van der Waals surface area contributed by atoms with Crippen LogP contribution in [0.5, 0.6) is 0 Å². The molecule has 2 saturated heterocycles. The molecule has 1 amide bonds. The number of carbonyl (C=O) groups excluding carboxylic acids is 1. The van der Waals surface area contributed by atoms with Gasteiger partial charge in [-0.2, -0.15) is 0 Å². The van der Waals surface area contributed by atoms with Crippen molar-refractivity contribution in [3.05, 3.63) is 34.3 Å². The van der Waals surface area contributed by atoms with Crippen molar-refractivity contribution >= 4 is 17.5 Å². The van der Waals surface area contributed by atoms with Crippen LogP contribution in [0.25, 0.3) is 0 Å². The lowest BCUT2D eigenvalue weighted by Crippen LogP contribution is -2.45. The summed E-state index contributed by atoms with van der Waals surface area (Å²) in [6, 6.07) is 5.52. The predicted molar refractivity (Wildman–Crippen MR) is 77.0 cm³/mol. The minimum Gasteiger partial charge on any atom is -0.381 e. The molecule has 2 aliphatic rings. The van der Waals surface area contributed by atoms with E-state index in [0.29, 0.717) is 44.3 Å². The minimum absolute atomic E-state index is 0.340. The van der Waals surface area contributed by atoms with Gasteiger partial charge in [0.2, 0.25) is 5.91 Å². The van der Waals surface area contributed by atoms with Crippen LogP contribution in [-0.4, -0.2) is 32.3 Å². The van der Waals surface area contributed by atoms with E-state index in [9.17, 15) is 4.79 Å². The highest BCUT2D eigenvalue weighted by Crippen LogP contribution is 2.38. The molecular formula is C15H18ClNO4. The smallest absolute Gasteiger partial charge is 0.228 e. The molecule has 21 heavy (non-hydrogen) atoms. The summed E-state index contributed by atoms with van der Waals surface area (Å²) < 4.78 is 16.4. The van der Waals surface area contributed by atoms with Crippen molar-refractivity contribution in [1.82, 2.24) is 0 Å². The summed E-state index contributed by atoms with van der Waals surface area (Å²) in [5.74, 6) is -0.340. The first-order valence-electron chi connectivity index (χ1n) is 7.04. The maximum absolute atomic E-state index is 12.1. The molecule has 1 aromatic carbocycles. The molecule has 0 saturated carbocycles. The van der Waals surface area contributed by atoms with Crippen LogP contribution >= 0.6 is 11.6 Å². The number of benzene rings is 1. The molecule has 2 fully saturated rings. The summed E-state index contributed by atoms with van der Waals surface area (Å²) in [5, 5.41) is 0.550. The van der Waals surface area contributed by atoms with E-state index in [-0.39, 0.29) is 5.91 Å². The van der Waals surface area contributed by atoms with Gasteiger partial charge in [0.25, 0.3) is 0 Å². The molecule has 114 valence electrons. The summed E-state index contributed by atoms with van der Waals surface area (Å²) in [5.41, 5.74) is 6.60. The van der Waals surface area contributed by atoms with Gasteiger partial charge in [-0.05, 0) is 36.6 Å². The fourth-order valence-electron chi connectivity index (χ4n) is 2.97. The van der Waals surface area contributed by atoms with E-state index in [4.69, 9.17) is 31.5 Å². The monoisotopic (exact) mass is 311 g/mol. The molecule has 1 aromatic rings. The number of halogens is 1. The Labute approximate surface area is 128 Å². The Morgan fingerprint density at radius 1 is 1.14 bits per heavy atom. The molecule has 0 bridgehead atoms. The lowest BCUT2D eigenvalue weighted by molar-refractivity contribution is -0.127. The quantitative estimate of drug-likeness (QED) is 0.926. The summed E-state index contributed by atoms with van der Waals surface area (Å²) in [4.78, 5) is 12.1. The van der Waals surface area contributed by atoms with Crippen molar-refractivity contribution in [3.63, 3.8) is 0 Å². The van der Waals surface area contributed by atoms with Crippen molar-refractivity contribution in [2.75, 3.05) is 26.4 Å². The third-order valence-corrected chi connectivity index (χ3v) is 4.40.